The molecule has 0 radical (unpaired) electrons. The number of aromatic nitrogens is 4. The van der Waals surface area contributed by atoms with Crippen molar-refractivity contribution in [2.45, 2.75) is 24.3 Å². The largest absolute Gasteiger partial charge is 0.497 e. The molecule has 0 saturated carbocycles. The summed E-state index contributed by atoms with van der Waals surface area (Å²) in [6.45, 7) is 0.809. The number of nitrogens with one attached hydrogen (secondary N) is 2. The summed E-state index contributed by atoms with van der Waals surface area (Å²) in [6.07, 6.45) is -0.477. The maximum Gasteiger partial charge on any atom is 0.337 e. The van der Waals surface area contributed by atoms with Crippen LogP contribution < -0.4 is 15.4 Å². The van der Waals surface area contributed by atoms with Crippen molar-refractivity contribution < 1.29 is 23.7 Å². The Morgan fingerprint density at radius 1 is 1.11 bits per heavy atom. The van der Waals surface area contributed by atoms with Crippen molar-refractivity contribution in [3.63, 3.8) is 0 Å². The van der Waals surface area contributed by atoms with Crippen LogP contribution in [0.2, 0.25) is 0 Å². The van der Waals surface area contributed by atoms with E-state index < -0.39 is 5.97 Å². The third kappa shape index (κ3) is 4.67. The first kappa shape index (κ1) is 23.1. The molecule has 1 aromatic heterocycles. The minimum atomic E-state index is -0.416. The second-order valence-corrected chi connectivity index (χ2v) is 8.53. The summed E-state index contributed by atoms with van der Waals surface area (Å²) in [5.41, 5.74) is 1.94. The standard InChI is InChI=1S/C23H24N6O5S/c1-31-16-8-4-5-13(10-16)21-26-27-28-29(21)18-12-34-19-17(11-33-20(18)19)25-23(35)24-15-7-3-6-14(9-15)22(30)32-2/h3-10,17-20H,11-12H2,1-2H3,(H2,24,25,35)/t17-,18+,19-,20+/m0/s1. The molecule has 12 heteroatoms. The van der Waals surface area contributed by atoms with Crippen LogP contribution in [-0.4, -0.2) is 77.0 Å². The summed E-state index contributed by atoms with van der Waals surface area (Å²) < 4.78 is 24.0. The molecule has 0 amide bonds. The highest BCUT2D eigenvalue weighted by Crippen LogP contribution is 2.36. The lowest BCUT2D eigenvalue weighted by Crippen LogP contribution is -2.45. The smallest absolute Gasteiger partial charge is 0.337 e. The van der Waals surface area contributed by atoms with Gasteiger partial charge in [0, 0.05) is 11.3 Å². The third-order valence-corrected chi connectivity index (χ3v) is 6.24. The molecule has 2 aliphatic rings. The van der Waals surface area contributed by atoms with E-state index in [0.29, 0.717) is 35.4 Å². The van der Waals surface area contributed by atoms with Gasteiger partial charge in [0.25, 0.3) is 0 Å². The molecular formula is C23H24N6O5S. The van der Waals surface area contributed by atoms with Gasteiger partial charge in [-0.2, -0.15) is 0 Å². The maximum atomic E-state index is 11.8. The number of methoxy groups -OCH3 is 2. The van der Waals surface area contributed by atoms with Gasteiger partial charge >= 0.3 is 5.97 Å². The molecule has 35 heavy (non-hydrogen) atoms. The lowest BCUT2D eigenvalue weighted by atomic mass is 10.1. The second-order valence-electron chi connectivity index (χ2n) is 8.12. The van der Waals surface area contributed by atoms with Crippen LogP contribution >= 0.6 is 12.2 Å². The first-order valence-corrected chi connectivity index (χ1v) is 11.4. The van der Waals surface area contributed by atoms with Crippen molar-refractivity contribution in [1.82, 2.24) is 25.5 Å². The van der Waals surface area contributed by atoms with Crippen LogP contribution in [0.4, 0.5) is 5.69 Å². The predicted octanol–water partition coefficient (Wildman–Crippen LogP) is 1.83. The first-order valence-electron chi connectivity index (χ1n) is 11.0. The van der Waals surface area contributed by atoms with Gasteiger partial charge in [0.05, 0.1) is 39.0 Å². The highest BCUT2D eigenvalue weighted by atomic mass is 32.1. The van der Waals surface area contributed by atoms with Crippen LogP contribution in [0.1, 0.15) is 16.4 Å². The van der Waals surface area contributed by atoms with Crippen molar-refractivity contribution in [2.75, 3.05) is 32.8 Å². The fourth-order valence-electron chi connectivity index (χ4n) is 4.36. The summed E-state index contributed by atoms with van der Waals surface area (Å²) in [5, 5.41) is 19.1. The number of hydrogen-bond acceptors (Lipinski definition) is 9. The second kappa shape index (κ2) is 9.94. The molecule has 4 atom stereocenters. The van der Waals surface area contributed by atoms with Crippen molar-refractivity contribution in [3.8, 4) is 17.1 Å². The Bertz CT molecular complexity index is 1240. The Morgan fingerprint density at radius 2 is 1.94 bits per heavy atom. The zero-order valence-corrected chi connectivity index (χ0v) is 19.9. The van der Waals surface area contributed by atoms with Crippen molar-refractivity contribution in [2.24, 2.45) is 0 Å². The van der Waals surface area contributed by atoms with Gasteiger partial charge in [-0.15, -0.1) is 5.10 Å². The molecule has 2 N–H and O–H groups in total. The first-order chi connectivity index (χ1) is 17.1. The Kier molecular flexibility index (Phi) is 6.57. The van der Waals surface area contributed by atoms with E-state index in [1.807, 2.05) is 30.3 Å². The number of fused-ring (bicyclic) bond motifs is 1. The number of anilines is 1. The lowest BCUT2D eigenvalue weighted by molar-refractivity contribution is 0.0600. The van der Waals surface area contributed by atoms with Crippen molar-refractivity contribution >= 4 is 29.0 Å². The zero-order chi connectivity index (χ0) is 24.4. The van der Waals surface area contributed by atoms with E-state index in [-0.39, 0.29) is 24.3 Å². The highest BCUT2D eigenvalue weighted by molar-refractivity contribution is 7.80. The van der Waals surface area contributed by atoms with E-state index in [9.17, 15) is 4.79 Å². The summed E-state index contributed by atoms with van der Waals surface area (Å²) in [7, 11) is 2.96. The van der Waals surface area contributed by atoms with E-state index in [1.54, 1.807) is 30.0 Å². The molecule has 2 fully saturated rings. The molecule has 2 aromatic carbocycles. The van der Waals surface area contributed by atoms with Crippen LogP contribution in [0.3, 0.4) is 0 Å². The van der Waals surface area contributed by atoms with Crippen LogP contribution in [0.25, 0.3) is 11.4 Å². The Hall–Kier alpha value is -3.61. The molecule has 2 aliphatic heterocycles. The van der Waals surface area contributed by atoms with Crippen LogP contribution in [0.5, 0.6) is 5.75 Å². The van der Waals surface area contributed by atoms with Crippen molar-refractivity contribution in [3.05, 3.63) is 54.1 Å². The van der Waals surface area contributed by atoms with E-state index >= 15 is 0 Å². The molecule has 0 spiro atoms. The minimum Gasteiger partial charge on any atom is -0.497 e. The maximum absolute atomic E-state index is 11.8. The topological polar surface area (TPSA) is 122 Å². The fraction of sp³-hybridized carbons (Fsp3) is 0.348. The average molecular weight is 497 g/mol. The molecular weight excluding hydrogens is 472 g/mol. The monoisotopic (exact) mass is 496 g/mol. The Morgan fingerprint density at radius 3 is 2.77 bits per heavy atom. The number of thiocarbonyl (C=S) groups is 1. The average Bonchev–Trinajstić information content (AvgIpc) is 3.61. The molecule has 3 heterocycles. The SMILES string of the molecule is COC(=O)c1cccc(NC(=S)N[C@H]2CO[C@H]3[C@H]2OC[C@H]3n2nnnc2-c2cccc(OC)c2)c1. The molecule has 0 unspecified atom stereocenters. The zero-order valence-electron chi connectivity index (χ0n) is 19.1. The number of esters is 1. The van der Waals surface area contributed by atoms with Crippen LogP contribution in [-0.2, 0) is 14.2 Å². The van der Waals surface area contributed by atoms with Crippen LogP contribution in [0.15, 0.2) is 48.5 Å². The van der Waals surface area contributed by atoms with Gasteiger partial charge < -0.3 is 29.6 Å². The number of carbonyl (C=O) groups is 1. The van der Waals surface area contributed by atoms with Gasteiger partial charge in [0.15, 0.2) is 10.9 Å². The van der Waals surface area contributed by atoms with Crippen molar-refractivity contribution in [1.29, 1.82) is 0 Å². The number of hydrogen-bond donors (Lipinski definition) is 2. The molecule has 0 aliphatic carbocycles. The van der Waals surface area contributed by atoms with Crippen LogP contribution in [0, 0.1) is 0 Å². The number of carbonyl (C=O) groups excluding carboxylic acids is 1. The van der Waals surface area contributed by atoms with E-state index in [4.69, 9.17) is 31.2 Å². The van der Waals surface area contributed by atoms with Gasteiger partial charge in [0.2, 0.25) is 0 Å². The molecule has 0 bridgehead atoms. The molecule has 182 valence electrons. The van der Waals surface area contributed by atoms with Gasteiger partial charge in [0.1, 0.15) is 24.0 Å². The van der Waals surface area contributed by atoms with Gasteiger partial charge in [-0.05, 0) is 53.0 Å². The number of tetrazole rings is 1. The van der Waals surface area contributed by atoms with Gasteiger partial charge in [-0.3, -0.25) is 0 Å². The number of nitrogens with zero attached hydrogens (tertiary/aromatic N) is 4. The number of rotatable bonds is 6. The number of benzene rings is 2. The van der Waals surface area contributed by atoms with Gasteiger partial charge in [-0.25, -0.2) is 9.48 Å². The van der Waals surface area contributed by atoms with E-state index in [1.165, 1.54) is 7.11 Å². The molecule has 3 aromatic rings. The highest BCUT2D eigenvalue weighted by Gasteiger charge is 2.49. The third-order valence-electron chi connectivity index (χ3n) is 6.02. The quantitative estimate of drug-likeness (QED) is 0.384. The van der Waals surface area contributed by atoms with E-state index in [0.717, 1.165) is 11.3 Å². The summed E-state index contributed by atoms with van der Waals surface area (Å²) >= 11 is 5.49. The Balaban J connectivity index is 1.25. The lowest BCUT2D eigenvalue weighted by Gasteiger charge is -2.20. The van der Waals surface area contributed by atoms with Gasteiger partial charge in [-0.1, -0.05) is 18.2 Å². The number of ether oxygens (including phenoxy) is 4. The minimum absolute atomic E-state index is 0.162. The predicted molar refractivity (Wildman–Crippen MR) is 129 cm³/mol. The molecule has 11 nitrogen and oxygen atoms in total. The fourth-order valence-corrected chi connectivity index (χ4v) is 4.63. The summed E-state index contributed by atoms with van der Waals surface area (Å²) in [5.74, 6) is 0.916. The summed E-state index contributed by atoms with van der Waals surface area (Å²) in [6, 6.07) is 14.1. The summed E-state index contributed by atoms with van der Waals surface area (Å²) in [4.78, 5) is 11.8. The Labute approximate surface area is 206 Å². The van der Waals surface area contributed by atoms with E-state index in [2.05, 4.69) is 26.2 Å². The normalized spacial score (nSPS) is 22.9. The molecule has 5 rings (SSSR count). The molecule has 2 saturated heterocycles.